The summed E-state index contributed by atoms with van der Waals surface area (Å²) in [6, 6.07) is 4.47. The maximum absolute atomic E-state index is 11.5. The van der Waals surface area contributed by atoms with Crippen molar-refractivity contribution in [3.8, 4) is 11.5 Å². The fourth-order valence-corrected chi connectivity index (χ4v) is 1.48. The Labute approximate surface area is 116 Å². The highest BCUT2D eigenvalue weighted by Gasteiger charge is 2.17. The molecular weight excluding hydrogens is 266 g/mol. The van der Waals surface area contributed by atoms with Crippen LogP contribution in [-0.2, 0) is 9.53 Å². The minimum Gasteiger partial charge on any atom is -0.493 e. The van der Waals surface area contributed by atoms with E-state index in [1.165, 1.54) is 26.4 Å². The lowest BCUT2D eigenvalue weighted by Gasteiger charge is -2.12. The molecule has 0 atom stereocenters. The standard InChI is InChI=1S/C13H17NO6/c1-18-7-6-14-11(15)8-20-12-9(13(16)17)4-3-5-10(12)19-2/h3-5H,6-8H2,1-2H3,(H,14,15)(H,16,17). The summed E-state index contributed by atoms with van der Waals surface area (Å²) in [5, 5.41) is 11.6. The van der Waals surface area contributed by atoms with Crippen molar-refractivity contribution < 1.29 is 28.9 Å². The van der Waals surface area contributed by atoms with E-state index in [9.17, 15) is 9.59 Å². The van der Waals surface area contributed by atoms with Gasteiger partial charge in [0.25, 0.3) is 5.91 Å². The van der Waals surface area contributed by atoms with Gasteiger partial charge in [-0.15, -0.1) is 0 Å². The molecule has 0 unspecified atom stereocenters. The predicted molar refractivity (Wildman–Crippen MR) is 70.3 cm³/mol. The third-order valence-electron chi connectivity index (χ3n) is 2.41. The Morgan fingerprint density at radius 3 is 2.65 bits per heavy atom. The largest absolute Gasteiger partial charge is 0.493 e. The van der Waals surface area contributed by atoms with Crippen LogP contribution in [0.15, 0.2) is 18.2 Å². The van der Waals surface area contributed by atoms with Crippen molar-refractivity contribution in [3.63, 3.8) is 0 Å². The molecular formula is C13H17NO6. The van der Waals surface area contributed by atoms with E-state index < -0.39 is 5.97 Å². The minimum atomic E-state index is -1.15. The number of para-hydroxylation sites is 1. The van der Waals surface area contributed by atoms with E-state index in [0.717, 1.165) is 0 Å². The van der Waals surface area contributed by atoms with Crippen LogP contribution in [0.25, 0.3) is 0 Å². The molecule has 0 aliphatic carbocycles. The first-order chi connectivity index (χ1) is 9.60. The van der Waals surface area contributed by atoms with E-state index in [0.29, 0.717) is 13.2 Å². The number of benzene rings is 1. The molecule has 0 aromatic heterocycles. The number of rotatable bonds is 8. The molecule has 0 saturated carbocycles. The number of nitrogens with one attached hydrogen (secondary N) is 1. The first-order valence-electron chi connectivity index (χ1n) is 5.89. The highest BCUT2D eigenvalue weighted by Crippen LogP contribution is 2.30. The van der Waals surface area contributed by atoms with Gasteiger partial charge in [-0.3, -0.25) is 4.79 Å². The molecule has 110 valence electrons. The van der Waals surface area contributed by atoms with Crippen LogP contribution in [0.1, 0.15) is 10.4 Å². The number of amides is 1. The minimum absolute atomic E-state index is 0.0318. The average molecular weight is 283 g/mol. The number of hydrogen-bond acceptors (Lipinski definition) is 5. The van der Waals surface area contributed by atoms with Gasteiger partial charge in [0.05, 0.1) is 13.7 Å². The number of carbonyl (C=O) groups is 2. The van der Waals surface area contributed by atoms with Gasteiger partial charge >= 0.3 is 5.97 Å². The Bertz CT molecular complexity index is 474. The quantitative estimate of drug-likeness (QED) is 0.676. The molecule has 7 heteroatoms. The molecule has 0 spiro atoms. The third-order valence-corrected chi connectivity index (χ3v) is 2.41. The Morgan fingerprint density at radius 1 is 1.30 bits per heavy atom. The number of carbonyl (C=O) groups excluding carboxylic acids is 1. The van der Waals surface area contributed by atoms with Gasteiger partial charge < -0.3 is 24.6 Å². The smallest absolute Gasteiger partial charge is 0.339 e. The fraction of sp³-hybridized carbons (Fsp3) is 0.385. The monoisotopic (exact) mass is 283 g/mol. The van der Waals surface area contributed by atoms with Crippen LogP contribution in [0, 0.1) is 0 Å². The van der Waals surface area contributed by atoms with Crippen LogP contribution in [0.3, 0.4) is 0 Å². The topological polar surface area (TPSA) is 94.1 Å². The summed E-state index contributed by atoms with van der Waals surface area (Å²) >= 11 is 0. The Balaban J connectivity index is 2.71. The SMILES string of the molecule is COCCNC(=O)COc1c(OC)cccc1C(=O)O. The molecule has 7 nitrogen and oxygen atoms in total. The molecule has 1 amide bonds. The molecule has 0 radical (unpaired) electrons. The second kappa shape index (κ2) is 8.00. The molecule has 0 aliphatic rings. The normalized spacial score (nSPS) is 9.90. The zero-order valence-electron chi connectivity index (χ0n) is 11.3. The van der Waals surface area contributed by atoms with E-state index in [2.05, 4.69) is 5.32 Å². The van der Waals surface area contributed by atoms with Gasteiger partial charge in [0, 0.05) is 13.7 Å². The van der Waals surface area contributed by atoms with Gasteiger partial charge in [0.2, 0.25) is 0 Å². The first-order valence-corrected chi connectivity index (χ1v) is 5.89. The van der Waals surface area contributed by atoms with Crippen molar-refractivity contribution >= 4 is 11.9 Å². The highest BCUT2D eigenvalue weighted by atomic mass is 16.5. The van der Waals surface area contributed by atoms with Crippen LogP contribution in [-0.4, -0.2) is 51.0 Å². The molecule has 1 rings (SSSR count). The van der Waals surface area contributed by atoms with E-state index in [-0.39, 0.29) is 29.6 Å². The summed E-state index contributed by atoms with van der Waals surface area (Å²) in [7, 11) is 2.92. The van der Waals surface area contributed by atoms with Crippen molar-refractivity contribution in [1.29, 1.82) is 0 Å². The molecule has 0 fully saturated rings. The Hall–Kier alpha value is -2.28. The van der Waals surface area contributed by atoms with E-state index in [1.54, 1.807) is 6.07 Å². The average Bonchev–Trinajstić information content (AvgIpc) is 2.44. The van der Waals surface area contributed by atoms with E-state index in [4.69, 9.17) is 19.3 Å². The highest BCUT2D eigenvalue weighted by molar-refractivity contribution is 5.92. The van der Waals surface area contributed by atoms with Crippen molar-refractivity contribution in [1.82, 2.24) is 5.32 Å². The van der Waals surface area contributed by atoms with Crippen molar-refractivity contribution in [2.75, 3.05) is 34.0 Å². The van der Waals surface area contributed by atoms with Gasteiger partial charge in [-0.2, -0.15) is 0 Å². The summed E-state index contributed by atoms with van der Waals surface area (Å²) < 4.78 is 15.1. The molecule has 0 heterocycles. The molecule has 0 bridgehead atoms. The Morgan fingerprint density at radius 2 is 2.05 bits per heavy atom. The molecule has 0 saturated heterocycles. The zero-order valence-corrected chi connectivity index (χ0v) is 11.3. The summed E-state index contributed by atoms with van der Waals surface area (Å²) in [4.78, 5) is 22.6. The number of carboxylic acids is 1. The number of methoxy groups -OCH3 is 2. The lowest BCUT2D eigenvalue weighted by atomic mass is 10.2. The van der Waals surface area contributed by atoms with E-state index >= 15 is 0 Å². The van der Waals surface area contributed by atoms with Crippen LogP contribution in [0.5, 0.6) is 11.5 Å². The predicted octanol–water partition coefficient (Wildman–Crippen LogP) is 0.535. The third kappa shape index (κ3) is 4.43. The van der Waals surface area contributed by atoms with Gasteiger partial charge in [-0.25, -0.2) is 4.79 Å². The second-order valence-electron chi connectivity index (χ2n) is 3.77. The summed E-state index contributed by atoms with van der Waals surface area (Å²) in [5.74, 6) is -1.23. The summed E-state index contributed by atoms with van der Waals surface area (Å²) in [6.07, 6.45) is 0. The van der Waals surface area contributed by atoms with Crippen LogP contribution < -0.4 is 14.8 Å². The Kier molecular flexibility index (Phi) is 6.31. The van der Waals surface area contributed by atoms with Crippen LogP contribution in [0.2, 0.25) is 0 Å². The van der Waals surface area contributed by atoms with Crippen LogP contribution in [0.4, 0.5) is 0 Å². The van der Waals surface area contributed by atoms with Gasteiger partial charge in [-0.1, -0.05) is 6.07 Å². The molecule has 0 aliphatic heterocycles. The van der Waals surface area contributed by atoms with Crippen molar-refractivity contribution in [2.45, 2.75) is 0 Å². The van der Waals surface area contributed by atoms with Gasteiger partial charge in [-0.05, 0) is 12.1 Å². The molecule has 1 aromatic carbocycles. The number of hydrogen-bond donors (Lipinski definition) is 2. The van der Waals surface area contributed by atoms with Crippen molar-refractivity contribution in [2.24, 2.45) is 0 Å². The summed E-state index contributed by atoms with van der Waals surface area (Å²) in [6.45, 7) is 0.446. The van der Waals surface area contributed by atoms with E-state index in [1.807, 2.05) is 0 Å². The second-order valence-corrected chi connectivity index (χ2v) is 3.77. The van der Waals surface area contributed by atoms with Gasteiger partial charge in [0.1, 0.15) is 5.56 Å². The van der Waals surface area contributed by atoms with Crippen LogP contribution >= 0.6 is 0 Å². The number of aromatic carboxylic acids is 1. The summed E-state index contributed by atoms with van der Waals surface area (Å²) in [5.41, 5.74) is -0.0611. The number of carboxylic acid groups (broad SMARTS) is 1. The first kappa shape index (κ1) is 15.8. The van der Waals surface area contributed by atoms with Gasteiger partial charge in [0.15, 0.2) is 18.1 Å². The maximum Gasteiger partial charge on any atom is 0.339 e. The lowest BCUT2D eigenvalue weighted by Crippen LogP contribution is -2.31. The molecule has 2 N–H and O–H groups in total. The molecule has 1 aromatic rings. The number of ether oxygens (including phenoxy) is 3. The lowest BCUT2D eigenvalue weighted by molar-refractivity contribution is -0.123. The maximum atomic E-state index is 11.5. The van der Waals surface area contributed by atoms with Crippen molar-refractivity contribution in [3.05, 3.63) is 23.8 Å². The molecule has 20 heavy (non-hydrogen) atoms. The zero-order chi connectivity index (χ0) is 15.0. The fourth-order valence-electron chi connectivity index (χ4n) is 1.48.